The average molecular weight is 419 g/mol. The Morgan fingerprint density at radius 1 is 0.958 bits per heavy atom. The summed E-state index contributed by atoms with van der Waals surface area (Å²) in [6.07, 6.45) is -4.72. The minimum absolute atomic E-state index is 0.101. The van der Waals surface area contributed by atoms with E-state index in [9.17, 15) is 21.6 Å². The zero-order valence-electron chi connectivity index (χ0n) is 11.9. The number of sulfonamides is 1. The molecule has 0 saturated carbocycles. The summed E-state index contributed by atoms with van der Waals surface area (Å²) in [5.74, 6) is 0. The topological polar surface area (TPSA) is 37.4 Å². The maximum Gasteiger partial charge on any atom is 0.417 e. The molecule has 0 saturated heterocycles. The minimum Gasteiger partial charge on any atom is -0.269 e. The molecule has 0 unspecified atom stereocenters. The van der Waals surface area contributed by atoms with Crippen LogP contribution in [0, 0.1) is 0 Å². The summed E-state index contributed by atoms with van der Waals surface area (Å²) < 4.78 is 64.7. The molecule has 2 aromatic carbocycles. The van der Waals surface area contributed by atoms with Crippen LogP contribution in [0.15, 0.2) is 41.3 Å². The molecule has 0 spiro atoms. The van der Waals surface area contributed by atoms with Gasteiger partial charge in [-0.15, -0.1) is 0 Å². The highest BCUT2D eigenvalue weighted by atomic mass is 35.5. The van der Waals surface area contributed by atoms with E-state index in [0.717, 1.165) is 25.2 Å². The van der Waals surface area contributed by atoms with Gasteiger partial charge in [0.2, 0.25) is 0 Å². The highest BCUT2D eigenvalue weighted by Crippen LogP contribution is 2.38. The van der Waals surface area contributed by atoms with E-state index in [1.54, 1.807) is 0 Å². The zero-order valence-corrected chi connectivity index (χ0v) is 15.0. The van der Waals surface area contributed by atoms with Crippen molar-refractivity contribution in [3.05, 3.63) is 57.0 Å². The fraction of sp³-hybridized carbons (Fsp3) is 0.143. The van der Waals surface area contributed by atoms with Crippen molar-refractivity contribution in [3.8, 4) is 0 Å². The van der Waals surface area contributed by atoms with E-state index in [-0.39, 0.29) is 20.6 Å². The second kappa shape index (κ2) is 6.63. The van der Waals surface area contributed by atoms with E-state index < -0.39 is 26.8 Å². The lowest BCUT2D eigenvalue weighted by Crippen LogP contribution is -2.27. The van der Waals surface area contributed by atoms with Gasteiger partial charge >= 0.3 is 6.18 Å². The highest BCUT2D eigenvalue weighted by Gasteiger charge is 2.34. The summed E-state index contributed by atoms with van der Waals surface area (Å²) in [5, 5.41) is -0.507. The van der Waals surface area contributed by atoms with Crippen LogP contribution in [0.25, 0.3) is 0 Å². The molecular formula is C14H9Cl3F3NO2S. The van der Waals surface area contributed by atoms with Crippen molar-refractivity contribution in [3.63, 3.8) is 0 Å². The molecule has 0 aliphatic heterocycles. The van der Waals surface area contributed by atoms with E-state index in [4.69, 9.17) is 34.8 Å². The summed E-state index contributed by atoms with van der Waals surface area (Å²) in [4.78, 5) is -0.317. The van der Waals surface area contributed by atoms with Crippen molar-refractivity contribution in [2.75, 3.05) is 11.4 Å². The molecule has 0 N–H and O–H groups in total. The number of anilines is 1. The van der Waals surface area contributed by atoms with E-state index in [1.165, 1.54) is 12.1 Å². The van der Waals surface area contributed by atoms with Gasteiger partial charge in [0, 0.05) is 12.1 Å². The van der Waals surface area contributed by atoms with Gasteiger partial charge in [0.05, 0.1) is 21.3 Å². The van der Waals surface area contributed by atoms with Gasteiger partial charge < -0.3 is 0 Å². The fourth-order valence-electron chi connectivity index (χ4n) is 1.89. The van der Waals surface area contributed by atoms with Crippen LogP contribution in [0.4, 0.5) is 18.9 Å². The lowest BCUT2D eigenvalue weighted by Gasteiger charge is -2.21. The Morgan fingerprint density at radius 2 is 1.54 bits per heavy atom. The van der Waals surface area contributed by atoms with Crippen LogP contribution in [-0.2, 0) is 16.2 Å². The molecule has 0 aliphatic rings. The van der Waals surface area contributed by atoms with Crippen molar-refractivity contribution < 1.29 is 21.6 Å². The summed E-state index contributed by atoms with van der Waals surface area (Å²) >= 11 is 17.2. The van der Waals surface area contributed by atoms with Crippen molar-refractivity contribution in [2.24, 2.45) is 0 Å². The number of hydrogen-bond acceptors (Lipinski definition) is 2. The average Bonchev–Trinajstić information content (AvgIpc) is 2.48. The van der Waals surface area contributed by atoms with Gasteiger partial charge in [0.1, 0.15) is 4.90 Å². The molecule has 3 nitrogen and oxygen atoms in total. The molecule has 0 aromatic heterocycles. The van der Waals surface area contributed by atoms with Crippen molar-refractivity contribution >= 4 is 50.5 Å². The quantitative estimate of drug-likeness (QED) is 0.661. The lowest BCUT2D eigenvalue weighted by molar-refractivity contribution is -0.137. The molecule has 10 heteroatoms. The molecule has 0 atom stereocenters. The Hall–Kier alpha value is -1.15. The number of rotatable bonds is 3. The Morgan fingerprint density at radius 3 is 2.12 bits per heavy atom. The van der Waals surface area contributed by atoms with Crippen LogP contribution in [0.2, 0.25) is 15.1 Å². The van der Waals surface area contributed by atoms with Gasteiger partial charge in [-0.05, 0) is 36.4 Å². The van der Waals surface area contributed by atoms with Gasteiger partial charge in [-0.2, -0.15) is 13.2 Å². The third-order valence-electron chi connectivity index (χ3n) is 3.15. The Balaban J connectivity index is 2.55. The molecule has 2 aromatic rings. The molecule has 0 heterocycles. The number of halogens is 6. The largest absolute Gasteiger partial charge is 0.417 e. The van der Waals surface area contributed by atoms with Crippen LogP contribution in [0.3, 0.4) is 0 Å². The fourth-order valence-corrected chi connectivity index (χ4v) is 4.04. The maximum absolute atomic E-state index is 12.9. The second-order valence-corrected chi connectivity index (χ2v) is 7.90. The molecule has 130 valence electrons. The first-order valence-electron chi connectivity index (χ1n) is 6.25. The number of alkyl halides is 3. The summed E-state index contributed by atoms with van der Waals surface area (Å²) in [6, 6.07) is 6.59. The third kappa shape index (κ3) is 3.74. The Labute approximate surface area is 151 Å². The molecule has 0 fully saturated rings. The Kier molecular flexibility index (Phi) is 5.30. The standard InChI is InChI=1S/C14H9Cl3F3NO2S/c1-21(9-3-5-11(16)10(7-9)14(18,19)20)24(22,23)13-6-8(15)2-4-12(13)17/h2-7H,1H3. The summed E-state index contributed by atoms with van der Waals surface area (Å²) in [6.45, 7) is 0. The Bertz CT molecular complexity index is 885. The normalized spacial score (nSPS) is 12.3. The van der Waals surface area contributed by atoms with Gasteiger partial charge in [0.15, 0.2) is 0 Å². The van der Waals surface area contributed by atoms with Crippen LogP contribution < -0.4 is 4.31 Å². The van der Waals surface area contributed by atoms with E-state index >= 15 is 0 Å². The van der Waals surface area contributed by atoms with Gasteiger partial charge in [0.25, 0.3) is 10.0 Å². The van der Waals surface area contributed by atoms with Gasteiger partial charge in [-0.25, -0.2) is 8.42 Å². The summed E-state index contributed by atoms with van der Waals surface area (Å²) in [5.41, 5.74) is -1.36. The first-order valence-corrected chi connectivity index (χ1v) is 8.82. The van der Waals surface area contributed by atoms with E-state index in [2.05, 4.69) is 0 Å². The third-order valence-corrected chi connectivity index (χ3v) is 5.98. The van der Waals surface area contributed by atoms with E-state index in [1.807, 2.05) is 0 Å². The SMILES string of the molecule is CN(c1ccc(Cl)c(C(F)(F)F)c1)S(=O)(=O)c1cc(Cl)ccc1Cl. The smallest absolute Gasteiger partial charge is 0.269 e. The number of nitrogens with zero attached hydrogens (tertiary/aromatic N) is 1. The van der Waals surface area contributed by atoms with Crippen LogP contribution in [-0.4, -0.2) is 15.5 Å². The predicted molar refractivity (Wildman–Crippen MR) is 88.5 cm³/mol. The van der Waals surface area contributed by atoms with Crippen molar-refractivity contribution in [2.45, 2.75) is 11.1 Å². The molecule has 2 rings (SSSR count). The van der Waals surface area contributed by atoms with Crippen LogP contribution in [0.1, 0.15) is 5.56 Å². The summed E-state index contributed by atoms with van der Waals surface area (Å²) in [7, 11) is -3.11. The molecule has 24 heavy (non-hydrogen) atoms. The van der Waals surface area contributed by atoms with Gasteiger partial charge in [-0.3, -0.25) is 4.31 Å². The van der Waals surface area contributed by atoms with Crippen molar-refractivity contribution in [1.82, 2.24) is 0 Å². The van der Waals surface area contributed by atoms with Crippen molar-refractivity contribution in [1.29, 1.82) is 0 Å². The second-order valence-electron chi connectivity index (χ2n) is 4.71. The molecule has 0 bridgehead atoms. The first kappa shape index (κ1) is 19.2. The number of hydrogen-bond donors (Lipinski definition) is 0. The molecule has 0 aliphatic carbocycles. The lowest BCUT2D eigenvalue weighted by atomic mass is 10.2. The minimum atomic E-state index is -4.72. The highest BCUT2D eigenvalue weighted by molar-refractivity contribution is 7.93. The maximum atomic E-state index is 12.9. The van der Waals surface area contributed by atoms with Crippen LogP contribution in [0.5, 0.6) is 0 Å². The molecule has 0 radical (unpaired) electrons. The van der Waals surface area contributed by atoms with Gasteiger partial charge in [-0.1, -0.05) is 34.8 Å². The molecular weight excluding hydrogens is 410 g/mol. The first-order chi connectivity index (χ1) is 10.9. The van der Waals surface area contributed by atoms with Crippen LogP contribution >= 0.6 is 34.8 Å². The predicted octanol–water partition coefficient (Wildman–Crippen LogP) is 5.49. The zero-order chi connectivity index (χ0) is 18.3. The van der Waals surface area contributed by atoms with E-state index in [0.29, 0.717) is 10.4 Å². The number of benzene rings is 2. The monoisotopic (exact) mass is 417 g/mol. The molecule has 0 amide bonds.